The summed E-state index contributed by atoms with van der Waals surface area (Å²) in [6.07, 6.45) is 2.15. The Balaban J connectivity index is 0.000000902. The molecule has 0 saturated carbocycles. The average molecular weight is 634 g/mol. The van der Waals surface area contributed by atoms with Gasteiger partial charge in [0.1, 0.15) is 5.69 Å². The van der Waals surface area contributed by atoms with E-state index >= 15 is 0 Å². The minimum absolute atomic E-state index is 0. The summed E-state index contributed by atoms with van der Waals surface area (Å²) >= 11 is 0. The van der Waals surface area contributed by atoms with Crippen LogP contribution in [-0.2, 0) is 12.1 Å². The monoisotopic (exact) mass is 635 g/mol. The summed E-state index contributed by atoms with van der Waals surface area (Å²) in [6, 6.07) is 12.5. The van der Waals surface area contributed by atoms with Crippen LogP contribution in [0.5, 0.6) is 0 Å². The van der Waals surface area contributed by atoms with E-state index in [0.29, 0.717) is 17.9 Å². The molecule has 0 aliphatic carbocycles. The number of rotatable bonds is 2. The normalized spacial score (nSPS) is 19.2. The Hall–Kier alpha value is -0.386. The third-order valence-electron chi connectivity index (χ3n) is 2.76. The molecule has 0 saturated heterocycles. The molecule has 1 unspecified atom stereocenters. The molecule has 0 spiro atoms. The standard InChI is InChI=1S/C12H11N5.2Tl/c13-12(6-9-4-2-1-3-5-9)10-11(15-7-14-10)16-8-17-12;;/h1-5,7H,6,13H2,(H,14,15);;. The van der Waals surface area contributed by atoms with Crippen molar-refractivity contribution in [2.75, 3.05) is 0 Å². The van der Waals surface area contributed by atoms with Gasteiger partial charge in [-0.3, -0.25) is 0 Å². The molecule has 0 amide bonds. The molecule has 1 aliphatic heterocycles. The van der Waals surface area contributed by atoms with E-state index in [9.17, 15) is 0 Å². The number of hydrogen-bond acceptors (Lipinski definition) is 4. The smallest absolute Gasteiger partial charge is 0.169 e. The molecule has 5 nitrogen and oxygen atoms in total. The van der Waals surface area contributed by atoms with Crippen molar-refractivity contribution in [3.63, 3.8) is 0 Å². The van der Waals surface area contributed by atoms with Crippen molar-refractivity contribution in [2.45, 2.75) is 12.1 Å². The van der Waals surface area contributed by atoms with Gasteiger partial charge in [-0.05, 0) is 5.56 Å². The number of imidazole rings is 1. The minimum Gasteiger partial charge on any atom is -0.329 e. The summed E-state index contributed by atoms with van der Waals surface area (Å²) in [5, 5.41) is 0. The predicted octanol–water partition coefficient (Wildman–Crippen LogP) is 0.821. The van der Waals surface area contributed by atoms with E-state index in [1.54, 1.807) is 6.33 Å². The second-order valence-corrected chi connectivity index (χ2v) is 4.01. The van der Waals surface area contributed by atoms with E-state index in [0.717, 1.165) is 5.56 Å². The van der Waals surface area contributed by atoms with Gasteiger partial charge in [0.2, 0.25) is 0 Å². The third kappa shape index (κ3) is 3.39. The van der Waals surface area contributed by atoms with Crippen LogP contribution in [0.25, 0.3) is 0 Å². The zero-order valence-corrected chi connectivity index (χ0v) is 19.2. The van der Waals surface area contributed by atoms with Crippen molar-refractivity contribution < 1.29 is 0 Å². The molecule has 1 aromatic carbocycles. The van der Waals surface area contributed by atoms with Crippen LogP contribution in [0.15, 0.2) is 46.6 Å². The van der Waals surface area contributed by atoms with Crippen molar-refractivity contribution in [3.05, 3.63) is 47.9 Å². The van der Waals surface area contributed by atoms with Crippen molar-refractivity contribution in [1.29, 1.82) is 0 Å². The number of fused-ring (bicyclic) bond motifs is 1. The van der Waals surface area contributed by atoms with Gasteiger partial charge in [0, 0.05) is 61.0 Å². The van der Waals surface area contributed by atoms with E-state index in [1.165, 1.54) is 0 Å². The first kappa shape index (κ1) is 16.7. The molecule has 1 aliphatic rings. The summed E-state index contributed by atoms with van der Waals surface area (Å²) in [5.41, 5.74) is 7.17. The molecular formula is C12H11N5Tl2. The topological polar surface area (TPSA) is 79.4 Å². The van der Waals surface area contributed by atoms with Gasteiger partial charge in [-0.15, -0.1) is 0 Å². The first-order valence-corrected chi connectivity index (χ1v) is 5.32. The summed E-state index contributed by atoms with van der Waals surface area (Å²) in [4.78, 5) is 15.2. The Morgan fingerprint density at radius 3 is 2.68 bits per heavy atom. The molecule has 3 N–H and O–H groups in total. The summed E-state index contributed by atoms with van der Waals surface area (Å²) < 4.78 is 0. The molecule has 7 heteroatoms. The number of benzene rings is 1. The van der Waals surface area contributed by atoms with E-state index in [4.69, 9.17) is 5.73 Å². The molecule has 2 heterocycles. The van der Waals surface area contributed by atoms with Crippen LogP contribution in [0.1, 0.15) is 11.3 Å². The van der Waals surface area contributed by atoms with Crippen LogP contribution < -0.4 is 5.73 Å². The number of H-pyrrole nitrogens is 1. The van der Waals surface area contributed by atoms with E-state index in [1.807, 2.05) is 30.3 Å². The number of aromatic amines is 1. The minimum atomic E-state index is -0.877. The van der Waals surface area contributed by atoms with Crippen LogP contribution in [0.3, 0.4) is 0 Å². The third-order valence-corrected chi connectivity index (χ3v) is 2.76. The number of nitrogens with one attached hydrogen (secondary N) is 1. The van der Waals surface area contributed by atoms with Gasteiger partial charge in [0.25, 0.3) is 0 Å². The molecule has 19 heavy (non-hydrogen) atoms. The maximum absolute atomic E-state index is 6.28. The fraction of sp³-hybridized carbons (Fsp3) is 0.167. The SMILES string of the molecule is NC1(Cc2ccccc2)N=C=Nc2[nH]cnc21.[Tl].[Tl]. The summed E-state index contributed by atoms with van der Waals surface area (Å²) in [7, 11) is 0. The fourth-order valence-corrected chi connectivity index (χ4v) is 1.94. The molecule has 0 bridgehead atoms. The number of aliphatic imine (C=N–C) groups is 2. The Bertz CT molecular complexity index is 604. The maximum Gasteiger partial charge on any atom is 0.169 e. The van der Waals surface area contributed by atoms with Gasteiger partial charge >= 0.3 is 0 Å². The van der Waals surface area contributed by atoms with Gasteiger partial charge in [0.15, 0.2) is 11.5 Å². The first-order valence-electron chi connectivity index (χ1n) is 5.32. The fourth-order valence-electron chi connectivity index (χ4n) is 1.94. The van der Waals surface area contributed by atoms with Gasteiger partial charge in [-0.25, -0.2) is 4.98 Å². The Morgan fingerprint density at radius 2 is 1.95 bits per heavy atom. The predicted molar refractivity (Wildman–Crippen MR) is 75.6 cm³/mol. The van der Waals surface area contributed by atoms with Crippen LogP contribution in [-0.4, -0.2) is 70.6 Å². The van der Waals surface area contributed by atoms with Gasteiger partial charge in [0.05, 0.1) is 12.3 Å². The van der Waals surface area contributed by atoms with Gasteiger partial charge in [-0.2, -0.15) is 9.98 Å². The second kappa shape index (κ2) is 6.86. The Morgan fingerprint density at radius 1 is 1.21 bits per heavy atom. The Kier molecular flexibility index (Phi) is 6.02. The number of aromatic nitrogens is 2. The summed E-state index contributed by atoms with van der Waals surface area (Å²) in [5.74, 6) is 0.637. The molecule has 90 valence electrons. The number of nitrogens with two attached hydrogens (primary N) is 1. The van der Waals surface area contributed by atoms with Crippen LogP contribution >= 0.6 is 0 Å². The van der Waals surface area contributed by atoms with Crippen LogP contribution in [0, 0.1) is 0 Å². The van der Waals surface area contributed by atoms with E-state index < -0.39 is 5.66 Å². The van der Waals surface area contributed by atoms with E-state index in [-0.39, 0.29) is 54.6 Å². The van der Waals surface area contributed by atoms with Crippen molar-refractivity contribution >= 4 is 66.4 Å². The van der Waals surface area contributed by atoms with E-state index in [2.05, 4.69) is 26.0 Å². The second-order valence-electron chi connectivity index (χ2n) is 4.01. The quantitative estimate of drug-likeness (QED) is 0.481. The van der Waals surface area contributed by atoms with Crippen LogP contribution in [0.4, 0.5) is 5.82 Å². The number of hydrogen-bond donors (Lipinski definition) is 2. The number of nitrogens with zero attached hydrogens (tertiary/aromatic N) is 3. The zero-order chi connectivity index (χ0) is 11.7. The molecule has 1 atom stereocenters. The summed E-state index contributed by atoms with van der Waals surface area (Å²) in [6.45, 7) is 0. The molecule has 3 rings (SSSR count). The van der Waals surface area contributed by atoms with Gasteiger partial charge < -0.3 is 10.7 Å². The molecule has 2 radical (unpaired) electrons. The molecular weight excluding hydrogens is 623 g/mol. The molecule has 1 aromatic heterocycles. The molecule has 2 aromatic rings. The molecule has 0 fully saturated rings. The zero-order valence-electron chi connectivity index (χ0n) is 10.2. The van der Waals surface area contributed by atoms with Crippen LogP contribution in [0.2, 0.25) is 0 Å². The maximum atomic E-state index is 6.28. The van der Waals surface area contributed by atoms with Crippen molar-refractivity contribution in [1.82, 2.24) is 9.97 Å². The van der Waals surface area contributed by atoms with Crippen molar-refractivity contribution in [3.8, 4) is 0 Å². The van der Waals surface area contributed by atoms with Crippen molar-refractivity contribution in [2.24, 2.45) is 15.7 Å². The average Bonchev–Trinajstić information content (AvgIpc) is 2.80. The first-order chi connectivity index (χ1) is 8.28. The largest absolute Gasteiger partial charge is 0.329 e. The Labute approximate surface area is 151 Å². The van der Waals surface area contributed by atoms with Gasteiger partial charge in [-0.1, -0.05) is 30.3 Å².